The van der Waals surface area contributed by atoms with Crippen LogP contribution in [-0.2, 0) is 16.8 Å². The number of rotatable bonds is 9. The molecule has 0 atom stereocenters. The molecule has 184 valence electrons. The summed E-state index contributed by atoms with van der Waals surface area (Å²) in [6, 6.07) is 19.9. The highest BCUT2D eigenvalue weighted by Gasteiger charge is 2.19. The van der Waals surface area contributed by atoms with Crippen LogP contribution in [0.2, 0.25) is 0 Å². The smallest absolute Gasteiger partial charge is 0.338 e. The van der Waals surface area contributed by atoms with E-state index in [0.29, 0.717) is 35.8 Å². The number of carbonyl (C=O) groups excluding carboxylic acids is 2. The van der Waals surface area contributed by atoms with Crippen LogP contribution in [0.1, 0.15) is 66.5 Å². The van der Waals surface area contributed by atoms with Crippen LogP contribution in [0.4, 0.5) is 5.69 Å². The van der Waals surface area contributed by atoms with Crippen molar-refractivity contribution < 1.29 is 23.8 Å². The Morgan fingerprint density at radius 2 is 1.49 bits per heavy atom. The standard InChI is InChI=1S/C29H33NO5/c1-6-33-25-17-14-21(27(31)30-23-15-12-20(13-16-23)28(32)34-7-2)18-22(25)19-35-26-11-9-8-10-24(26)29(3,4)5/h8-18H,6-7,19H2,1-5H3,(H,30,31). The van der Waals surface area contributed by atoms with Gasteiger partial charge in [0.25, 0.3) is 5.91 Å². The van der Waals surface area contributed by atoms with Gasteiger partial charge in [-0.3, -0.25) is 4.79 Å². The summed E-state index contributed by atoms with van der Waals surface area (Å²) in [6.45, 7) is 11.2. The molecule has 0 aromatic heterocycles. The highest BCUT2D eigenvalue weighted by Crippen LogP contribution is 2.32. The molecular weight excluding hydrogens is 442 g/mol. The number of amides is 1. The first-order valence-corrected chi connectivity index (χ1v) is 11.8. The van der Waals surface area contributed by atoms with Gasteiger partial charge >= 0.3 is 5.97 Å². The molecule has 0 aliphatic carbocycles. The van der Waals surface area contributed by atoms with Gasteiger partial charge in [0.15, 0.2) is 0 Å². The van der Waals surface area contributed by atoms with Crippen molar-refractivity contribution >= 4 is 17.6 Å². The fourth-order valence-corrected chi connectivity index (χ4v) is 3.60. The first-order chi connectivity index (χ1) is 16.7. The second kappa shape index (κ2) is 11.6. The quantitative estimate of drug-likeness (QED) is 0.363. The van der Waals surface area contributed by atoms with Crippen LogP contribution >= 0.6 is 0 Å². The lowest BCUT2D eigenvalue weighted by Crippen LogP contribution is -2.14. The number of nitrogens with one attached hydrogen (secondary N) is 1. The zero-order valence-corrected chi connectivity index (χ0v) is 21.0. The summed E-state index contributed by atoms with van der Waals surface area (Å²) in [5, 5.41) is 2.87. The van der Waals surface area contributed by atoms with Gasteiger partial charge in [0.1, 0.15) is 18.1 Å². The Hall–Kier alpha value is -3.80. The lowest BCUT2D eigenvalue weighted by molar-refractivity contribution is 0.0526. The monoisotopic (exact) mass is 475 g/mol. The van der Waals surface area contributed by atoms with Gasteiger partial charge < -0.3 is 19.5 Å². The summed E-state index contributed by atoms with van der Waals surface area (Å²) < 4.78 is 17.0. The van der Waals surface area contributed by atoms with Gasteiger partial charge in [-0.2, -0.15) is 0 Å². The van der Waals surface area contributed by atoms with Crippen molar-refractivity contribution in [3.8, 4) is 11.5 Å². The molecule has 35 heavy (non-hydrogen) atoms. The summed E-state index contributed by atoms with van der Waals surface area (Å²) in [4.78, 5) is 24.8. The third-order valence-corrected chi connectivity index (χ3v) is 5.35. The molecule has 0 heterocycles. The largest absolute Gasteiger partial charge is 0.493 e. The van der Waals surface area contributed by atoms with Crippen LogP contribution in [0, 0.1) is 0 Å². The van der Waals surface area contributed by atoms with Crippen molar-refractivity contribution in [2.45, 2.75) is 46.6 Å². The Balaban J connectivity index is 1.77. The van der Waals surface area contributed by atoms with Crippen LogP contribution < -0.4 is 14.8 Å². The minimum Gasteiger partial charge on any atom is -0.493 e. The first-order valence-electron chi connectivity index (χ1n) is 11.8. The molecule has 3 aromatic rings. The van der Waals surface area contributed by atoms with E-state index in [4.69, 9.17) is 14.2 Å². The Morgan fingerprint density at radius 1 is 0.800 bits per heavy atom. The van der Waals surface area contributed by atoms with Gasteiger partial charge in [0, 0.05) is 16.8 Å². The summed E-state index contributed by atoms with van der Waals surface area (Å²) >= 11 is 0. The van der Waals surface area contributed by atoms with Crippen molar-refractivity contribution in [3.05, 3.63) is 89.0 Å². The fraction of sp³-hybridized carbons (Fsp3) is 0.310. The average Bonchev–Trinajstić information content (AvgIpc) is 2.83. The predicted molar refractivity (Wildman–Crippen MR) is 137 cm³/mol. The maximum atomic E-state index is 12.9. The van der Waals surface area contributed by atoms with Crippen molar-refractivity contribution in [3.63, 3.8) is 0 Å². The summed E-state index contributed by atoms with van der Waals surface area (Å²) in [6.07, 6.45) is 0. The van der Waals surface area contributed by atoms with Gasteiger partial charge in [0.2, 0.25) is 0 Å². The van der Waals surface area contributed by atoms with Gasteiger partial charge in [-0.05, 0) is 73.4 Å². The molecule has 0 saturated heterocycles. The third kappa shape index (κ3) is 6.85. The van der Waals surface area contributed by atoms with Crippen molar-refractivity contribution in [1.29, 1.82) is 0 Å². The van der Waals surface area contributed by atoms with E-state index in [1.165, 1.54) is 0 Å². The lowest BCUT2D eigenvalue weighted by atomic mass is 9.86. The SMILES string of the molecule is CCOC(=O)c1ccc(NC(=O)c2ccc(OCC)c(COc3ccccc3C(C)(C)C)c2)cc1. The molecule has 3 aromatic carbocycles. The molecule has 0 aliphatic rings. The van der Waals surface area contributed by atoms with Gasteiger partial charge in [-0.1, -0.05) is 39.0 Å². The topological polar surface area (TPSA) is 73.9 Å². The Morgan fingerprint density at radius 3 is 2.14 bits per heavy atom. The van der Waals surface area contributed by atoms with Crippen LogP contribution in [0.5, 0.6) is 11.5 Å². The number of carbonyl (C=O) groups is 2. The molecule has 0 fully saturated rings. The molecule has 0 bridgehead atoms. The van der Waals surface area contributed by atoms with Crippen LogP contribution in [0.25, 0.3) is 0 Å². The minimum atomic E-state index is -0.394. The van der Waals surface area contributed by atoms with Crippen LogP contribution in [0.15, 0.2) is 66.7 Å². The zero-order valence-electron chi connectivity index (χ0n) is 21.0. The van der Waals surface area contributed by atoms with Crippen LogP contribution in [0.3, 0.4) is 0 Å². The fourth-order valence-electron chi connectivity index (χ4n) is 3.60. The van der Waals surface area contributed by atoms with Crippen molar-refractivity contribution in [2.24, 2.45) is 0 Å². The lowest BCUT2D eigenvalue weighted by Gasteiger charge is -2.23. The van der Waals surface area contributed by atoms with Crippen LogP contribution in [-0.4, -0.2) is 25.1 Å². The molecule has 0 unspecified atom stereocenters. The second-order valence-electron chi connectivity index (χ2n) is 9.04. The third-order valence-electron chi connectivity index (χ3n) is 5.35. The summed E-state index contributed by atoms with van der Waals surface area (Å²) in [7, 11) is 0. The van der Waals surface area contributed by atoms with Crippen molar-refractivity contribution in [2.75, 3.05) is 18.5 Å². The van der Waals surface area contributed by atoms with E-state index in [-0.39, 0.29) is 17.9 Å². The number of anilines is 1. The van der Waals surface area contributed by atoms with E-state index >= 15 is 0 Å². The van der Waals surface area contributed by atoms with E-state index in [9.17, 15) is 9.59 Å². The molecule has 6 heteroatoms. The number of esters is 1. The highest BCUT2D eigenvalue weighted by molar-refractivity contribution is 6.04. The number of hydrogen-bond donors (Lipinski definition) is 1. The molecule has 6 nitrogen and oxygen atoms in total. The maximum absolute atomic E-state index is 12.9. The first kappa shape index (κ1) is 25.8. The highest BCUT2D eigenvalue weighted by atomic mass is 16.5. The molecule has 0 saturated carbocycles. The van der Waals surface area contributed by atoms with E-state index < -0.39 is 5.97 Å². The zero-order chi connectivity index (χ0) is 25.4. The Bertz CT molecular complexity index is 1160. The van der Waals surface area contributed by atoms with E-state index in [1.807, 2.05) is 25.1 Å². The number of ether oxygens (including phenoxy) is 3. The van der Waals surface area contributed by atoms with Gasteiger partial charge in [-0.25, -0.2) is 4.79 Å². The molecule has 0 radical (unpaired) electrons. The molecule has 1 N–H and O–H groups in total. The normalized spacial score (nSPS) is 11.0. The molecule has 1 amide bonds. The second-order valence-corrected chi connectivity index (χ2v) is 9.04. The Labute approximate surface area is 207 Å². The maximum Gasteiger partial charge on any atom is 0.338 e. The molecule has 0 spiro atoms. The number of para-hydroxylation sites is 1. The molecule has 0 aliphatic heterocycles. The molecular formula is C29H33NO5. The van der Waals surface area contributed by atoms with E-state index in [0.717, 1.165) is 16.9 Å². The minimum absolute atomic E-state index is 0.0656. The van der Waals surface area contributed by atoms with E-state index in [2.05, 4.69) is 32.2 Å². The predicted octanol–water partition coefficient (Wildman–Crippen LogP) is 6.39. The number of benzene rings is 3. The average molecular weight is 476 g/mol. The summed E-state index contributed by atoms with van der Waals surface area (Å²) in [5.74, 6) is 0.818. The van der Waals surface area contributed by atoms with E-state index in [1.54, 1.807) is 49.4 Å². The summed E-state index contributed by atoms with van der Waals surface area (Å²) in [5.41, 5.74) is 3.31. The van der Waals surface area contributed by atoms with Gasteiger partial charge in [-0.15, -0.1) is 0 Å². The number of hydrogen-bond acceptors (Lipinski definition) is 5. The van der Waals surface area contributed by atoms with Gasteiger partial charge in [0.05, 0.1) is 18.8 Å². The van der Waals surface area contributed by atoms with Crippen molar-refractivity contribution in [1.82, 2.24) is 0 Å². The molecule has 3 rings (SSSR count). The Kier molecular flexibility index (Phi) is 8.53.